The van der Waals surface area contributed by atoms with Crippen molar-refractivity contribution in [3.05, 3.63) is 42.0 Å². The van der Waals surface area contributed by atoms with E-state index in [1.165, 1.54) is 5.56 Å². The first kappa shape index (κ1) is 22.6. The van der Waals surface area contributed by atoms with Crippen LogP contribution in [0.25, 0.3) is 0 Å². The summed E-state index contributed by atoms with van der Waals surface area (Å²) < 4.78 is 4.81. The highest BCUT2D eigenvalue weighted by Crippen LogP contribution is 2.26. The Morgan fingerprint density at radius 2 is 1.88 bits per heavy atom. The molecule has 0 bridgehead atoms. The first-order valence-corrected chi connectivity index (χ1v) is 7.37. The number of halogens is 2. The summed E-state index contributed by atoms with van der Waals surface area (Å²) in [6.07, 6.45) is 0.253. The maximum Gasteiger partial charge on any atom is 0.412 e. The lowest BCUT2D eigenvalue weighted by atomic mass is 10.1. The zero-order valence-electron chi connectivity index (χ0n) is 13.8. The molecule has 1 aromatic heterocycles. The van der Waals surface area contributed by atoms with Gasteiger partial charge < -0.3 is 21.5 Å². The minimum atomic E-state index is -0.584. The average molecular weight is 388 g/mol. The maximum atomic E-state index is 11.5. The number of carbonyl (C=O) groups excluding carboxylic acids is 1. The Morgan fingerprint density at radius 1 is 1.20 bits per heavy atom. The fraction of sp³-hybridized carbons (Fsp3) is 0.250. The molecule has 0 fully saturated rings. The number of anilines is 4. The van der Waals surface area contributed by atoms with Gasteiger partial charge in [0.2, 0.25) is 0 Å². The quantitative estimate of drug-likeness (QED) is 0.604. The summed E-state index contributed by atoms with van der Waals surface area (Å²) in [5, 5.41) is 5.72. The third kappa shape index (κ3) is 6.94. The van der Waals surface area contributed by atoms with E-state index in [1.54, 1.807) is 13.0 Å². The minimum Gasteiger partial charge on any atom is -0.450 e. The fourth-order valence-corrected chi connectivity index (χ4v) is 2.04. The zero-order valence-corrected chi connectivity index (χ0v) is 15.5. The number of ether oxygens (including phenoxy) is 1. The lowest BCUT2D eigenvalue weighted by Crippen LogP contribution is -2.16. The first-order chi connectivity index (χ1) is 11.1. The number of nitrogens with zero attached hydrogens (tertiary/aromatic N) is 1. The summed E-state index contributed by atoms with van der Waals surface area (Å²) >= 11 is 0. The number of hydrogen-bond donors (Lipinski definition) is 4. The van der Waals surface area contributed by atoms with Gasteiger partial charge in [-0.15, -0.1) is 24.8 Å². The molecule has 1 amide bonds. The number of aromatic nitrogens is 1. The highest BCUT2D eigenvalue weighted by atomic mass is 35.5. The molecule has 1 heterocycles. The molecule has 0 spiro atoms. The van der Waals surface area contributed by atoms with Gasteiger partial charge in [-0.1, -0.05) is 30.3 Å². The van der Waals surface area contributed by atoms with E-state index in [4.69, 9.17) is 16.2 Å². The number of pyridine rings is 1. The molecule has 1 aromatic carbocycles. The van der Waals surface area contributed by atoms with Gasteiger partial charge in [0.05, 0.1) is 18.0 Å². The second kappa shape index (κ2) is 11.2. The molecule has 25 heavy (non-hydrogen) atoms. The van der Waals surface area contributed by atoms with Crippen LogP contribution >= 0.6 is 24.8 Å². The molecule has 138 valence electrons. The first-order valence-electron chi connectivity index (χ1n) is 7.37. The predicted octanol–water partition coefficient (Wildman–Crippen LogP) is 3.31. The van der Waals surface area contributed by atoms with Crippen molar-refractivity contribution < 1.29 is 9.53 Å². The smallest absolute Gasteiger partial charge is 0.412 e. The fourth-order valence-electron chi connectivity index (χ4n) is 2.04. The molecule has 6 N–H and O–H groups in total. The lowest BCUT2D eigenvalue weighted by Gasteiger charge is -2.13. The highest BCUT2D eigenvalue weighted by molar-refractivity contribution is 5.87. The molecule has 0 atom stereocenters. The van der Waals surface area contributed by atoms with Crippen LogP contribution < -0.4 is 22.1 Å². The Labute approximate surface area is 159 Å². The molecule has 0 unspecified atom stereocenters. The summed E-state index contributed by atoms with van der Waals surface area (Å²) in [5.74, 6) is 0.443. The molecular formula is C16H23Cl2N5O2. The van der Waals surface area contributed by atoms with Crippen LogP contribution in [0.5, 0.6) is 0 Å². The topological polar surface area (TPSA) is 115 Å². The zero-order chi connectivity index (χ0) is 16.7. The number of amides is 1. The van der Waals surface area contributed by atoms with E-state index in [-0.39, 0.29) is 43.1 Å². The number of nitrogens with one attached hydrogen (secondary N) is 2. The second-order valence-corrected chi connectivity index (χ2v) is 4.86. The Hall–Kier alpha value is -2.38. The van der Waals surface area contributed by atoms with Gasteiger partial charge in [-0.25, -0.2) is 9.78 Å². The maximum absolute atomic E-state index is 11.5. The Bertz CT molecular complexity index is 671. The summed E-state index contributed by atoms with van der Waals surface area (Å²) in [5.41, 5.74) is 13.9. The Balaban J connectivity index is 0.00000288. The Morgan fingerprint density at radius 3 is 2.52 bits per heavy atom. The molecule has 0 aliphatic carbocycles. The molecule has 0 saturated carbocycles. The van der Waals surface area contributed by atoms with Crippen molar-refractivity contribution in [1.82, 2.24) is 4.98 Å². The average Bonchev–Trinajstić information content (AvgIpc) is 2.53. The normalized spacial score (nSPS) is 9.32. The third-order valence-corrected chi connectivity index (χ3v) is 3.17. The predicted molar refractivity (Wildman–Crippen MR) is 107 cm³/mol. The standard InChI is InChI=1S/C16H21N5O2.2ClH/c1-2-23-16(22)21-13-10-12(14(17)15(18)20-13)19-9-8-11-6-4-3-5-7-11;;/h3-7,10H,2,8-9,17H2,1H3,(H4,18,19,20,21,22);2*1H. The van der Waals surface area contributed by atoms with Crippen LogP contribution in [-0.2, 0) is 11.2 Å². The number of benzene rings is 1. The van der Waals surface area contributed by atoms with Crippen LogP contribution in [0.2, 0.25) is 0 Å². The van der Waals surface area contributed by atoms with Gasteiger partial charge in [-0.2, -0.15) is 0 Å². The van der Waals surface area contributed by atoms with Gasteiger partial charge in [0, 0.05) is 12.6 Å². The SMILES string of the molecule is CCOC(=O)Nc1cc(NCCc2ccccc2)c(N)c(N)n1.Cl.Cl. The number of carbonyl (C=O) groups is 1. The second-order valence-electron chi connectivity index (χ2n) is 4.86. The number of nitrogen functional groups attached to an aromatic ring is 2. The summed E-state index contributed by atoms with van der Waals surface area (Å²) in [4.78, 5) is 15.5. The lowest BCUT2D eigenvalue weighted by molar-refractivity contribution is 0.168. The van der Waals surface area contributed by atoms with Gasteiger partial charge in [-0.05, 0) is 18.9 Å². The van der Waals surface area contributed by atoms with Crippen LogP contribution in [0.15, 0.2) is 36.4 Å². The minimum absolute atomic E-state index is 0. The van der Waals surface area contributed by atoms with Gasteiger partial charge in [0.1, 0.15) is 5.82 Å². The van der Waals surface area contributed by atoms with Crippen molar-refractivity contribution in [2.24, 2.45) is 0 Å². The molecule has 2 rings (SSSR count). The van der Waals surface area contributed by atoms with E-state index in [0.29, 0.717) is 17.9 Å². The number of hydrogen-bond acceptors (Lipinski definition) is 6. The molecule has 0 radical (unpaired) electrons. The van der Waals surface area contributed by atoms with Crippen molar-refractivity contribution in [3.8, 4) is 0 Å². The number of nitrogens with two attached hydrogens (primary N) is 2. The van der Waals surface area contributed by atoms with Crippen molar-refractivity contribution >= 4 is 53.9 Å². The van der Waals surface area contributed by atoms with Gasteiger partial charge >= 0.3 is 6.09 Å². The van der Waals surface area contributed by atoms with Crippen LogP contribution in [-0.4, -0.2) is 24.2 Å². The van der Waals surface area contributed by atoms with Crippen LogP contribution in [0.3, 0.4) is 0 Å². The summed E-state index contributed by atoms with van der Waals surface area (Å²) in [7, 11) is 0. The van der Waals surface area contributed by atoms with E-state index in [2.05, 4.69) is 27.8 Å². The van der Waals surface area contributed by atoms with Gasteiger partial charge in [0.15, 0.2) is 5.82 Å². The third-order valence-electron chi connectivity index (χ3n) is 3.17. The Kier molecular flexibility index (Phi) is 10.2. The van der Waals surface area contributed by atoms with Crippen molar-refractivity contribution in [2.75, 3.05) is 35.3 Å². The molecule has 0 saturated heterocycles. The highest BCUT2D eigenvalue weighted by Gasteiger charge is 2.10. The van der Waals surface area contributed by atoms with E-state index in [9.17, 15) is 4.79 Å². The van der Waals surface area contributed by atoms with Crippen LogP contribution in [0, 0.1) is 0 Å². The van der Waals surface area contributed by atoms with Crippen LogP contribution in [0.4, 0.5) is 27.8 Å². The van der Waals surface area contributed by atoms with Gasteiger partial charge in [0.25, 0.3) is 0 Å². The van der Waals surface area contributed by atoms with Crippen molar-refractivity contribution in [3.63, 3.8) is 0 Å². The number of rotatable bonds is 6. The van der Waals surface area contributed by atoms with E-state index < -0.39 is 6.09 Å². The van der Waals surface area contributed by atoms with E-state index in [0.717, 1.165) is 6.42 Å². The molecule has 0 aliphatic rings. The molecule has 0 aliphatic heterocycles. The summed E-state index contributed by atoms with van der Waals surface area (Å²) in [6, 6.07) is 11.7. The van der Waals surface area contributed by atoms with Gasteiger partial charge in [-0.3, -0.25) is 5.32 Å². The molecular weight excluding hydrogens is 365 g/mol. The molecule has 7 nitrogen and oxygen atoms in total. The van der Waals surface area contributed by atoms with Crippen LogP contribution in [0.1, 0.15) is 12.5 Å². The van der Waals surface area contributed by atoms with E-state index in [1.807, 2.05) is 18.2 Å². The monoisotopic (exact) mass is 387 g/mol. The molecule has 2 aromatic rings. The van der Waals surface area contributed by atoms with E-state index >= 15 is 0 Å². The van der Waals surface area contributed by atoms with Crippen molar-refractivity contribution in [2.45, 2.75) is 13.3 Å². The summed E-state index contributed by atoms with van der Waals surface area (Å²) in [6.45, 7) is 2.68. The van der Waals surface area contributed by atoms with Crippen molar-refractivity contribution in [1.29, 1.82) is 0 Å². The molecule has 9 heteroatoms. The largest absolute Gasteiger partial charge is 0.450 e.